The van der Waals surface area contributed by atoms with Crippen LogP contribution in [-0.2, 0) is 11.3 Å². The normalized spacial score (nSPS) is 12.0. The zero-order valence-electron chi connectivity index (χ0n) is 11.5. The molecule has 9 heteroatoms. The molecular formula is C14H9BrN2O6. The molecule has 1 aliphatic heterocycles. The lowest BCUT2D eigenvalue weighted by Crippen LogP contribution is -2.08. The van der Waals surface area contributed by atoms with E-state index in [4.69, 9.17) is 14.2 Å². The van der Waals surface area contributed by atoms with Crippen molar-refractivity contribution in [3.63, 3.8) is 0 Å². The molecule has 0 atom stereocenters. The molecule has 0 amide bonds. The molecule has 0 N–H and O–H groups in total. The number of rotatable bonds is 4. The number of hydrogen-bond acceptors (Lipinski definition) is 7. The zero-order valence-corrected chi connectivity index (χ0v) is 13.1. The number of nitro groups is 1. The van der Waals surface area contributed by atoms with Crippen molar-refractivity contribution in [2.45, 2.75) is 6.61 Å². The lowest BCUT2D eigenvalue weighted by atomic mass is 10.2. The van der Waals surface area contributed by atoms with Crippen molar-refractivity contribution in [3.8, 4) is 11.5 Å². The summed E-state index contributed by atoms with van der Waals surface area (Å²) in [5.74, 6) is 0.515. The van der Waals surface area contributed by atoms with Crippen LogP contribution < -0.4 is 9.47 Å². The average Bonchev–Trinajstić information content (AvgIpc) is 2.99. The molecule has 0 fully saturated rings. The van der Waals surface area contributed by atoms with E-state index in [-0.39, 0.29) is 24.8 Å². The van der Waals surface area contributed by atoms with Gasteiger partial charge in [0.15, 0.2) is 11.5 Å². The van der Waals surface area contributed by atoms with Gasteiger partial charge in [0.1, 0.15) is 18.5 Å². The topological polar surface area (TPSA) is 101 Å². The molecule has 0 radical (unpaired) electrons. The predicted octanol–water partition coefficient (Wildman–Crippen LogP) is 2.84. The van der Waals surface area contributed by atoms with Crippen molar-refractivity contribution < 1.29 is 23.9 Å². The van der Waals surface area contributed by atoms with Crippen LogP contribution in [0.4, 0.5) is 5.69 Å². The lowest BCUT2D eigenvalue weighted by molar-refractivity contribution is -0.385. The third kappa shape index (κ3) is 3.24. The van der Waals surface area contributed by atoms with Gasteiger partial charge in [0.05, 0.1) is 4.92 Å². The first-order valence-corrected chi connectivity index (χ1v) is 7.19. The van der Waals surface area contributed by atoms with E-state index in [9.17, 15) is 14.9 Å². The van der Waals surface area contributed by atoms with Gasteiger partial charge in [0.25, 0.3) is 5.69 Å². The Balaban J connectivity index is 1.68. The third-order valence-electron chi connectivity index (χ3n) is 3.07. The number of ether oxygens (including phenoxy) is 3. The summed E-state index contributed by atoms with van der Waals surface area (Å²) in [5.41, 5.74) is 0.497. The minimum atomic E-state index is -0.676. The molecule has 1 aromatic carbocycles. The molecule has 0 aliphatic carbocycles. The molecule has 1 aliphatic rings. The second-order valence-corrected chi connectivity index (χ2v) is 5.39. The maximum Gasteiger partial charge on any atom is 0.357 e. The molecule has 0 saturated heterocycles. The van der Waals surface area contributed by atoms with Crippen molar-refractivity contribution >= 4 is 27.6 Å². The van der Waals surface area contributed by atoms with Crippen molar-refractivity contribution in [3.05, 3.63) is 56.3 Å². The Kier molecular flexibility index (Phi) is 4.11. The van der Waals surface area contributed by atoms with Crippen molar-refractivity contribution in [1.82, 2.24) is 4.98 Å². The van der Waals surface area contributed by atoms with Gasteiger partial charge in [-0.05, 0) is 18.2 Å². The molecule has 1 aromatic heterocycles. The first-order valence-electron chi connectivity index (χ1n) is 6.40. The molecule has 0 saturated carbocycles. The van der Waals surface area contributed by atoms with E-state index < -0.39 is 10.9 Å². The highest BCUT2D eigenvalue weighted by Crippen LogP contribution is 2.37. The molecule has 2 heterocycles. The Morgan fingerprint density at radius 1 is 1.35 bits per heavy atom. The highest BCUT2D eigenvalue weighted by molar-refractivity contribution is 9.10. The van der Waals surface area contributed by atoms with Crippen LogP contribution in [0.2, 0.25) is 0 Å². The summed E-state index contributed by atoms with van der Waals surface area (Å²) in [6.45, 7) is 0.145. The van der Waals surface area contributed by atoms with Gasteiger partial charge in [0, 0.05) is 16.1 Å². The molecule has 0 unspecified atom stereocenters. The summed E-state index contributed by atoms with van der Waals surface area (Å²) < 4.78 is 16.4. The standard InChI is InChI=1S/C14H9BrN2O6/c15-10-4-13-12(22-7-23-13)3-8(10)6-21-14(18)11-2-1-9(5-16-11)17(19)20/h1-5H,6-7H2. The van der Waals surface area contributed by atoms with E-state index in [0.717, 1.165) is 6.20 Å². The Labute approximate surface area is 138 Å². The van der Waals surface area contributed by atoms with Crippen LogP contribution in [0.15, 0.2) is 34.9 Å². The van der Waals surface area contributed by atoms with Crippen molar-refractivity contribution in [2.75, 3.05) is 6.79 Å². The number of halogens is 1. The summed E-state index contributed by atoms with van der Waals surface area (Å²) in [6, 6.07) is 5.88. The van der Waals surface area contributed by atoms with Gasteiger partial charge in [-0.1, -0.05) is 15.9 Å². The van der Waals surface area contributed by atoms with Crippen LogP contribution in [0.25, 0.3) is 0 Å². The number of benzene rings is 1. The minimum Gasteiger partial charge on any atom is -0.456 e. The summed E-state index contributed by atoms with van der Waals surface area (Å²) in [7, 11) is 0. The van der Waals surface area contributed by atoms with Gasteiger partial charge in [-0.2, -0.15) is 0 Å². The maximum absolute atomic E-state index is 11.9. The zero-order chi connectivity index (χ0) is 16.4. The fourth-order valence-electron chi connectivity index (χ4n) is 1.90. The second-order valence-electron chi connectivity index (χ2n) is 4.53. The van der Waals surface area contributed by atoms with Crippen molar-refractivity contribution in [1.29, 1.82) is 0 Å². The Bertz CT molecular complexity index is 778. The number of nitrogens with zero attached hydrogens (tertiary/aromatic N) is 2. The molecule has 23 heavy (non-hydrogen) atoms. The van der Waals surface area contributed by atoms with Gasteiger partial charge in [-0.15, -0.1) is 0 Å². The number of aromatic nitrogens is 1. The summed E-state index contributed by atoms with van der Waals surface area (Å²) in [4.78, 5) is 25.6. The molecular weight excluding hydrogens is 372 g/mol. The number of hydrogen-bond donors (Lipinski definition) is 0. The van der Waals surface area contributed by atoms with Gasteiger partial charge in [-0.3, -0.25) is 10.1 Å². The predicted molar refractivity (Wildman–Crippen MR) is 80.3 cm³/mol. The number of pyridine rings is 1. The van der Waals surface area contributed by atoms with E-state index in [2.05, 4.69) is 20.9 Å². The van der Waals surface area contributed by atoms with E-state index in [0.29, 0.717) is 21.5 Å². The Morgan fingerprint density at radius 2 is 2.09 bits per heavy atom. The largest absolute Gasteiger partial charge is 0.456 e. The van der Waals surface area contributed by atoms with E-state index >= 15 is 0 Å². The van der Waals surface area contributed by atoms with Crippen LogP contribution in [0.1, 0.15) is 16.1 Å². The van der Waals surface area contributed by atoms with Gasteiger partial charge in [0.2, 0.25) is 6.79 Å². The quantitative estimate of drug-likeness (QED) is 0.456. The van der Waals surface area contributed by atoms with Crippen LogP contribution >= 0.6 is 15.9 Å². The molecule has 0 spiro atoms. The highest BCUT2D eigenvalue weighted by atomic mass is 79.9. The van der Waals surface area contributed by atoms with E-state index in [1.165, 1.54) is 12.1 Å². The highest BCUT2D eigenvalue weighted by Gasteiger charge is 2.18. The summed E-state index contributed by atoms with van der Waals surface area (Å²) in [6.07, 6.45) is 1.01. The van der Waals surface area contributed by atoms with Crippen molar-refractivity contribution in [2.24, 2.45) is 0 Å². The van der Waals surface area contributed by atoms with Gasteiger partial charge < -0.3 is 14.2 Å². The number of carbonyl (C=O) groups is 1. The first-order chi connectivity index (χ1) is 11.0. The Hall–Kier alpha value is -2.68. The number of esters is 1. The Morgan fingerprint density at radius 3 is 2.74 bits per heavy atom. The van der Waals surface area contributed by atoms with Crippen LogP contribution in [-0.4, -0.2) is 22.7 Å². The molecule has 2 aromatic rings. The summed E-state index contributed by atoms with van der Waals surface area (Å²) in [5, 5.41) is 10.5. The van der Waals surface area contributed by atoms with E-state index in [1.54, 1.807) is 12.1 Å². The van der Waals surface area contributed by atoms with E-state index in [1.807, 2.05) is 0 Å². The SMILES string of the molecule is O=C(OCc1cc2c(cc1Br)OCO2)c1ccc([N+](=O)[O-])cn1. The van der Waals surface area contributed by atoms with Crippen LogP contribution in [0.3, 0.4) is 0 Å². The fourth-order valence-corrected chi connectivity index (χ4v) is 2.34. The average molecular weight is 381 g/mol. The minimum absolute atomic E-state index is 0.00523. The fraction of sp³-hybridized carbons (Fsp3) is 0.143. The smallest absolute Gasteiger partial charge is 0.357 e. The summed E-state index contributed by atoms with van der Waals surface area (Å²) >= 11 is 3.36. The maximum atomic E-state index is 11.9. The molecule has 0 bridgehead atoms. The molecule has 3 rings (SSSR count). The number of fused-ring (bicyclic) bond motifs is 1. The molecule has 8 nitrogen and oxygen atoms in total. The third-order valence-corrected chi connectivity index (χ3v) is 3.81. The lowest BCUT2D eigenvalue weighted by Gasteiger charge is -2.07. The van der Waals surface area contributed by atoms with Crippen LogP contribution in [0.5, 0.6) is 11.5 Å². The van der Waals surface area contributed by atoms with Gasteiger partial charge in [-0.25, -0.2) is 9.78 Å². The molecule has 118 valence electrons. The second kappa shape index (κ2) is 6.21. The monoisotopic (exact) mass is 380 g/mol. The van der Waals surface area contributed by atoms with Crippen LogP contribution in [0, 0.1) is 10.1 Å². The number of carbonyl (C=O) groups excluding carboxylic acids is 1. The van der Waals surface area contributed by atoms with Gasteiger partial charge >= 0.3 is 5.97 Å². The first kappa shape index (κ1) is 15.2.